The third-order valence-electron chi connectivity index (χ3n) is 2.89. The van der Waals surface area contributed by atoms with Crippen LogP contribution < -0.4 is 10.6 Å². The number of nitrogens with zero attached hydrogens (tertiary/aromatic N) is 2. The van der Waals surface area contributed by atoms with Gasteiger partial charge < -0.3 is 10.6 Å². The number of rotatable bonds is 5. The molecular formula is C14H14N4O3. The van der Waals surface area contributed by atoms with Crippen molar-refractivity contribution in [3.8, 4) is 0 Å². The molecule has 7 heteroatoms. The van der Waals surface area contributed by atoms with Gasteiger partial charge in [-0.05, 0) is 17.7 Å². The number of carbonyl (C=O) groups is 1. The van der Waals surface area contributed by atoms with E-state index in [1.807, 2.05) is 0 Å². The molecule has 7 nitrogen and oxygen atoms in total. The Labute approximate surface area is 121 Å². The highest BCUT2D eigenvalue weighted by atomic mass is 16.6. The third kappa shape index (κ3) is 3.75. The van der Waals surface area contributed by atoms with E-state index in [-0.39, 0.29) is 18.1 Å². The quantitative estimate of drug-likeness (QED) is 0.647. The Morgan fingerprint density at radius 1 is 1.24 bits per heavy atom. The van der Waals surface area contributed by atoms with Gasteiger partial charge in [0.1, 0.15) is 5.69 Å². The van der Waals surface area contributed by atoms with E-state index in [4.69, 9.17) is 0 Å². The lowest BCUT2D eigenvalue weighted by molar-refractivity contribution is -0.384. The normalized spacial score (nSPS) is 9.95. The van der Waals surface area contributed by atoms with Gasteiger partial charge in [0.2, 0.25) is 0 Å². The van der Waals surface area contributed by atoms with Crippen LogP contribution in [0.15, 0.2) is 42.6 Å². The second-order valence-corrected chi connectivity index (χ2v) is 4.29. The van der Waals surface area contributed by atoms with Gasteiger partial charge in [0, 0.05) is 25.7 Å². The number of nitro groups is 1. The van der Waals surface area contributed by atoms with Crippen molar-refractivity contribution in [2.24, 2.45) is 0 Å². The SMILES string of the molecule is CNc1ccc(C(=O)NCc2ccc([N+](=O)[O-])cc2)nc1. The maximum Gasteiger partial charge on any atom is 0.270 e. The Kier molecular flexibility index (Phi) is 4.45. The van der Waals surface area contributed by atoms with E-state index in [1.54, 1.807) is 37.5 Å². The second kappa shape index (κ2) is 6.47. The van der Waals surface area contributed by atoms with E-state index in [0.717, 1.165) is 11.3 Å². The summed E-state index contributed by atoms with van der Waals surface area (Å²) in [6.45, 7) is 0.284. The molecule has 2 rings (SSSR count). The van der Waals surface area contributed by atoms with Crippen LogP contribution in [0.25, 0.3) is 0 Å². The van der Waals surface area contributed by atoms with Gasteiger partial charge in [-0.25, -0.2) is 4.98 Å². The van der Waals surface area contributed by atoms with E-state index in [1.165, 1.54) is 12.1 Å². The maximum atomic E-state index is 11.9. The molecule has 0 radical (unpaired) electrons. The number of carbonyl (C=O) groups excluding carboxylic acids is 1. The van der Waals surface area contributed by atoms with E-state index in [0.29, 0.717) is 5.69 Å². The molecule has 2 N–H and O–H groups in total. The number of aromatic nitrogens is 1. The van der Waals surface area contributed by atoms with Gasteiger partial charge in [-0.15, -0.1) is 0 Å². The number of nitrogens with one attached hydrogen (secondary N) is 2. The number of hydrogen-bond donors (Lipinski definition) is 2. The molecule has 0 saturated carbocycles. The molecule has 2 aromatic rings. The molecule has 0 fully saturated rings. The van der Waals surface area contributed by atoms with E-state index >= 15 is 0 Å². The molecule has 1 heterocycles. The van der Waals surface area contributed by atoms with Crippen LogP contribution in [-0.2, 0) is 6.54 Å². The van der Waals surface area contributed by atoms with E-state index < -0.39 is 4.92 Å². The standard InChI is InChI=1S/C14H14N4O3/c1-15-11-4-7-13(16-9-11)14(19)17-8-10-2-5-12(6-3-10)18(20)21/h2-7,9,15H,8H2,1H3,(H,17,19). The molecule has 0 bridgehead atoms. The Bertz CT molecular complexity index is 638. The lowest BCUT2D eigenvalue weighted by Gasteiger charge is -2.05. The summed E-state index contributed by atoms with van der Waals surface area (Å²) in [5, 5.41) is 16.2. The summed E-state index contributed by atoms with van der Waals surface area (Å²) >= 11 is 0. The number of nitro benzene ring substituents is 1. The minimum absolute atomic E-state index is 0.0226. The number of amides is 1. The highest BCUT2D eigenvalue weighted by Crippen LogP contribution is 2.12. The first kappa shape index (κ1) is 14.4. The maximum absolute atomic E-state index is 11.9. The van der Waals surface area contributed by atoms with Crippen LogP contribution in [0.1, 0.15) is 16.1 Å². The number of benzene rings is 1. The fourth-order valence-corrected chi connectivity index (χ4v) is 1.68. The highest BCUT2D eigenvalue weighted by Gasteiger charge is 2.08. The van der Waals surface area contributed by atoms with Crippen molar-refractivity contribution >= 4 is 17.3 Å². The summed E-state index contributed by atoms with van der Waals surface area (Å²) in [6.07, 6.45) is 1.57. The van der Waals surface area contributed by atoms with Gasteiger partial charge >= 0.3 is 0 Å². The van der Waals surface area contributed by atoms with Gasteiger partial charge in [-0.1, -0.05) is 12.1 Å². The first-order valence-corrected chi connectivity index (χ1v) is 6.25. The predicted molar refractivity (Wildman–Crippen MR) is 78.1 cm³/mol. The molecule has 1 amide bonds. The summed E-state index contributed by atoms with van der Waals surface area (Å²) in [4.78, 5) is 26.0. The third-order valence-corrected chi connectivity index (χ3v) is 2.89. The molecule has 108 valence electrons. The molecular weight excluding hydrogens is 272 g/mol. The average molecular weight is 286 g/mol. The topological polar surface area (TPSA) is 97.2 Å². The highest BCUT2D eigenvalue weighted by molar-refractivity contribution is 5.92. The largest absolute Gasteiger partial charge is 0.387 e. The Morgan fingerprint density at radius 2 is 1.95 bits per heavy atom. The fourth-order valence-electron chi connectivity index (χ4n) is 1.68. The Balaban J connectivity index is 1.95. The van der Waals surface area contributed by atoms with Crippen LogP contribution >= 0.6 is 0 Å². The molecule has 0 spiro atoms. The predicted octanol–water partition coefficient (Wildman–Crippen LogP) is 1.96. The number of anilines is 1. The molecule has 0 atom stereocenters. The lowest BCUT2D eigenvalue weighted by Crippen LogP contribution is -2.23. The summed E-state index contributed by atoms with van der Waals surface area (Å²) in [7, 11) is 1.77. The van der Waals surface area contributed by atoms with Crippen molar-refractivity contribution in [1.82, 2.24) is 10.3 Å². The molecule has 0 unspecified atom stereocenters. The van der Waals surface area contributed by atoms with E-state index in [2.05, 4.69) is 15.6 Å². The number of pyridine rings is 1. The van der Waals surface area contributed by atoms with Crippen molar-refractivity contribution in [2.45, 2.75) is 6.54 Å². The van der Waals surface area contributed by atoms with Gasteiger partial charge in [-0.2, -0.15) is 0 Å². The summed E-state index contributed by atoms with van der Waals surface area (Å²) in [5.74, 6) is -0.295. The molecule has 21 heavy (non-hydrogen) atoms. The van der Waals surface area contributed by atoms with Crippen molar-refractivity contribution in [2.75, 3.05) is 12.4 Å². The average Bonchev–Trinajstić information content (AvgIpc) is 2.53. The zero-order valence-electron chi connectivity index (χ0n) is 11.4. The zero-order chi connectivity index (χ0) is 15.2. The molecule has 0 aliphatic rings. The fraction of sp³-hybridized carbons (Fsp3) is 0.143. The van der Waals surface area contributed by atoms with Gasteiger partial charge in [-0.3, -0.25) is 14.9 Å². The first-order chi connectivity index (χ1) is 10.1. The second-order valence-electron chi connectivity index (χ2n) is 4.29. The van der Waals surface area contributed by atoms with Gasteiger partial charge in [0.25, 0.3) is 11.6 Å². The molecule has 0 saturated heterocycles. The summed E-state index contributed by atoms with van der Waals surface area (Å²) in [5.41, 5.74) is 1.94. The Morgan fingerprint density at radius 3 is 2.48 bits per heavy atom. The van der Waals surface area contributed by atoms with Crippen LogP contribution in [0.3, 0.4) is 0 Å². The van der Waals surface area contributed by atoms with Crippen LogP contribution in [0.5, 0.6) is 0 Å². The van der Waals surface area contributed by atoms with Gasteiger partial charge in [0.05, 0.1) is 16.8 Å². The first-order valence-electron chi connectivity index (χ1n) is 6.25. The Hall–Kier alpha value is -2.96. The molecule has 1 aromatic carbocycles. The minimum atomic E-state index is -0.463. The summed E-state index contributed by atoms with van der Waals surface area (Å²) in [6, 6.07) is 9.40. The molecule has 0 aliphatic heterocycles. The zero-order valence-corrected chi connectivity index (χ0v) is 11.4. The number of non-ortho nitro benzene ring substituents is 1. The minimum Gasteiger partial charge on any atom is -0.387 e. The van der Waals surface area contributed by atoms with Crippen LogP contribution in [0.4, 0.5) is 11.4 Å². The van der Waals surface area contributed by atoms with Crippen molar-refractivity contribution in [1.29, 1.82) is 0 Å². The lowest BCUT2D eigenvalue weighted by atomic mass is 10.2. The smallest absolute Gasteiger partial charge is 0.270 e. The molecule has 0 aliphatic carbocycles. The van der Waals surface area contributed by atoms with Crippen LogP contribution in [0, 0.1) is 10.1 Å². The van der Waals surface area contributed by atoms with Crippen molar-refractivity contribution in [3.63, 3.8) is 0 Å². The van der Waals surface area contributed by atoms with Crippen molar-refractivity contribution in [3.05, 3.63) is 64.0 Å². The van der Waals surface area contributed by atoms with E-state index in [9.17, 15) is 14.9 Å². The van der Waals surface area contributed by atoms with Gasteiger partial charge in [0.15, 0.2) is 0 Å². The summed E-state index contributed by atoms with van der Waals surface area (Å²) < 4.78 is 0. The monoisotopic (exact) mass is 286 g/mol. The van der Waals surface area contributed by atoms with Crippen LogP contribution in [-0.4, -0.2) is 22.9 Å². The van der Waals surface area contributed by atoms with Crippen LogP contribution in [0.2, 0.25) is 0 Å². The number of hydrogen-bond acceptors (Lipinski definition) is 5. The molecule has 1 aromatic heterocycles. The van der Waals surface area contributed by atoms with Crippen molar-refractivity contribution < 1.29 is 9.72 Å².